The predicted octanol–water partition coefficient (Wildman–Crippen LogP) is 4.98. The summed E-state index contributed by atoms with van der Waals surface area (Å²) in [5, 5.41) is 9.24. The van der Waals surface area contributed by atoms with E-state index in [0.717, 1.165) is 36.3 Å². The molecule has 0 spiro atoms. The van der Waals surface area contributed by atoms with Crippen LogP contribution in [0, 0.1) is 5.92 Å². The van der Waals surface area contributed by atoms with E-state index in [1.54, 1.807) is 0 Å². The standard InChI is InChI=1S/C29H40N4O3/c34-27(35)16-20-14-15-31(19-20)28-29(36)33(26-11-7-6-10-25(26)30-28)24-17-22-12-13-23(18-24)32(22)21-8-4-2-1-3-5-9-21/h6-7,10-11,20-24H,1-5,8-9,12-19H2,(H,34,35)/t20?,22-,23?,24?/m0/s1. The maximum Gasteiger partial charge on any atom is 0.303 e. The van der Waals surface area contributed by atoms with Gasteiger partial charge in [0.2, 0.25) is 0 Å². The second kappa shape index (κ2) is 10.2. The Labute approximate surface area is 213 Å². The van der Waals surface area contributed by atoms with Crippen molar-refractivity contribution in [3.05, 3.63) is 34.6 Å². The molecule has 1 aromatic heterocycles. The molecule has 194 valence electrons. The fraction of sp³-hybridized carbons (Fsp3) is 0.690. The van der Waals surface area contributed by atoms with Gasteiger partial charge in [-0.15, -0.1) is 0 Å². The molecule has 4 fully saturated rings. The Morgan fingerprint density at radius 2 is 1.58 bits per heavy atom. The number of carboxylic acids is 1. The van der Waals surface area contributed by atoms with Crippen molar-refractivity contribution in [2.45, 2.75) is 108 Å². The normalized spacial score (nSPS) is 29.9. The van der Waals surface area contributed by atoms with E-state index in [2.05, 4.69) is 9.47 Å². The molecule has 0 radical (unpaired) electrons. The number of carboxylic acid groups (broad SMARTS) is 1. The number of aromatic nitrogens is 2. The van der Waals surface area contributed by atoms with Crippen molar-refractivity contribution in [1.82, 2.24) is 14.5 Å². The molecule has 1 N–H and O–H groups in total. The number of benzene rings is 1. The Balaban J connectivity index is 1.30. The summed E-state index contributed by atoms with van der Waals surface area (Å²) >= 11 is 0. The average Bonchev–Trinajstić information content (AvgIpc) is 3.39. The quantitative estimate of drug-likeness (QED) is 0.634. The van der Waals surface area contributed by atoms with E-state index in [4.69, 9.17) is 4.98 Å². The molecule has 1 saturated carbocycles. The number of anilines is 1. The van der Waals surface area contributed by atoms with Gasteiger partial charge in [-0.1, -0.05) is 44.2 Å². The third-order valence-electron chi connectivity index (χ3n) is 9.45. The molecule has 4 atom stereocenters. The van der Waals surface area contributed by atoms with Crippen LogP contribution in [-0.2, 0) is 4.79 Å². The van der Waals surface area contributed by atoms with Gasteiger partial charge in [-0.05, 0) is 63.0 Å². The zero-order valence-corrected chi connectivity index (χ0v) is 21.4. The van der Waals surface area contributed by atoms with Crippen molar-refractivity contribution < 1.29 is 9.90 Å². The Hall–Kier alpha value is -2.41. The number of hydrogen-bond donors (Lipinski definition) is 1. The molecule has 4 aliphatic rings. The molecule has 4 heterocycles. The van der Waals surface area contributed by atoms with Crippen LogP contribution in [0.15, 0.2) is 29.1 Å². The fourth-order valence-electron chi connectivity index (χ4n) is 7.87. The molecule has 3 saturated heterocycles. The van der Waals surface area contributed by atoms with Gasteiger partial charge in [0.1, 0.15) is 0 Å². The molecule has 3 aliphatic heterocycles. The van der Waals surface area contributed by atoms with Gasteiger partial charge in [-0.25, -0.2) is 4.98 Å². The first-order valence-corrected chi connectivity index (χ1v) is 14.3. The number of rotatable bonds is 5. The fourth-order valence-corrected chi connectivity index (χ4v) is 7.87. The maximum atomic E-state index is 14.0. The van der Waals surface area contributed by atoms with Crippen LogP contribution < -0.4 is 10.5 Å². The van der Waals surface area contributed by atoms with Gasteiger partial charge in [0.05, 0.1) is 11.0 Å². The van der Waals surface area contributed by atoms with Gasteiger partial charge in [0.25, 0.3) is 5.56 Å². The van der Waals surface area contributed by atoms with Crippen LogP contribution in [0.5, 0.6) is 0 Å². The lowest BCUT2D eigenvalue weighted by Crippen LogP contribution is -2.50. The summed E-state index contributed by atoms with van der Waals surface area (Å²) in [5.41, 5.74) is 1.81. The molecular formula is C29H40N4O3. The minimum absolute atomic E-state index is 0.00785. The number of aliphatic carboxylic acids is 1. The highest BCUT2D eigenvalue weighted by molar-refractivity contribution is 5.76. The Kier molecular flexibility index (Phi) is 6.76. The molecule has 36 heavy (non-hydrogen) atoms. The van der Waals surface area contributed by atoms with Crippen molar-refractivity contribution in [3.8, 4) is 0 Å². The molecule has 1 aromatic carbocycles. The number of piperidine rings is 1. The van der Waals surface area contributed by atoms with Crippen LogP contribution in [-0.4, -0.2) is 56.7 Å². The zero-order valence-electron chi connectivity index (χ0n) is 21.4. The van der Waals surface area contributed by atoms with E-state index in [0.29, 0.717) is 31.0 Å². The minimum Gasteiger partial charge on any atom is -0.481 e. The van der Waals surface area contributed by atoms with E-state index in [1.165, 1.54) is 57.8 Å². The topological polar surface area (TPSA) is 78.7 Å². The lowest BCUT2D eigenvalue weighted by Gasteiger charge is -2.45. The Morgan fingerprint density at radius 1 is 0.889 bits per heavy atom. The number of nitrogens with zero attached hydrogens (tertiary/aromatic N) is 4. The summed E-state index contributed by atoms with van der Waals surface area (Å²) in [6.45, 7) is 1.29. The molecule has 0 amide bonds. The van der Waals surface area contributed by atoms with E-state index in [1.807, 2.05) is 29.2 Å². The van der Waals surface area contributed by atoms with Crippen LogP contribution in [0.25, 0.3) is 11.0 Å². The minimum atomic E-state index is -0.766. The second-order valence-electron chi connectivity index (χ2n) is 11.8. The summed E-state index contributed by atoms with van der Waals surface area (Å²) in [6.07, 6.45) is 15.1. The van der Waals surface area contributed by atoms with Gasteiger partial charge in [0, 0.05) is 43.7 Å². The van der Waals surface area contributed by atoms with Crippen molar-refractivity contribution in [3.63, 3.8) is 0 Å². The van der Waals surface area contributed by atoms with Crippen LogP contribution in [0.3, 0.4) is 0 Å². The zero-order chi connectivity index (χ0) is 24.6. The molecular weight excluding hydrogens is 452 g/mol. The van der Waals surface area contributed by atoms with E-state index in [9.17, 15) is 14.7 Å². The molecule has 2 aromatic rings. The average molecular weight is 493 g/mol. The third kappa shape index (κ3) is 4.55. The highest BCUT2D eigenvalue weighted by atomic mass is 16.4. The molecule has 1 aliphatic carbocycles. The van der Waals surface area contributed by atoms with Gasteiger partial charge in [0.15, 0.2) is 5.82 Å². The SMILES string of the molecule is O=C(O)CC1CCN(c2nc3ccccc3n(C3CC4CC[C@@H](C3)N4C3CCCCCCC3)c2=O)C1. The number of para-hydroxylation sites is 2. The lowest BCUT2D eigenvalue weighted by atomic mass is 9.89. The monoisotopic (exact) mass is 492 g/mol. The molecule has 2 bridgehead atoms. The van der Waals surface area contributed by atoms with Gasteiger partial charge >= 0.3 is 5.97 Å². The highest BCUT2D eigenvalue weighted by Gasteiger charge is 2.44. The van der Waals surface area contributed by atoms with Crippen molar-refractivity contribution in [1.29, 1.82) is 0 Å². The summed E-state index contributed by atoms with van der Waals surface area (Å²) in [4.78, 5) is 35.0. The molecule has 6 rings (SSSR count). The van der Waals surface area contributed by atoms with Crippen molar-refractivity contribution in [2.75, 3.05) is 18.0 Å². The van der Waals surface area contributed by atoms with Gasteiger partial charge in [-0.3, -0.25) is 14.5 Å². The number of carbonyl (C=O) groups is 1. The summed E-state index contributed by atoms with van der Waals surface area (Å²) in [7, 11) is 0. The highest BCUT2D eigenvalue weighted by Crippen LogP contribution is 2.44. The van der Waals surface area contributed by atoms with Crippen LogP contribution in [0.1, 0.15) is 89.5 Å². The van der Waals surface area contributed by atoms with Crippen LogP contribution >= 0.6 is 0 Å². The first-order valence-electron chi connectivity index (χ1n) is 14.3. The summed E-state index contributed by atoms with van der Waals surface area (Å²) in [6, 6.07) is 10.1. The molecule has 3 unspecified atom stereocenters. The third-order valence-corrected chi connectivity index (χ3v) is 9.45. The van der Waals surface area contributed by atoms with E-state index < -0.39 is 5.97 Å². The van der Waals surface area contributed by atoms with Crippen molar-refractivity contribution >= 4 is 22.8 Å². The summed E-state index contributed by atoms with van der Waals surface area (Å²) in [5.74, 6) is -0.180. The summed E-state index contributed by atoms with van der Waals surface area (Å²) < 4.78 is 2.07. The van der Waals surface area contributed by atoms with Crippen LogP contribution in [0.2, 0.25) is 0 Å². The smallest absolute Gasteiger partial charge is 0.303 e. The van der Waals surface area contributed by atoms with Crippen LogP contribution in [0.4, 0.5) is 5.82 Å². The molecule has 7 nitrogen and oxygen atoms in total. The Morgan fingerprint density at radius 3 is 2.31 bits per heavy atom. The van der Waals surface area contributed by atoms with Gasteiger partial charge in [-0.2, -0.15) is 0 Å². The predicted molar refractivity (Wildman–Crippen MR) is 142 cm³/mol. The van der Waals surface area contributed by atoms with E-state index in [-0.39, 0.29) is 23.9 Å². The first kappa shape index (κ1) is 24.0. The van der Waals surface area contributed by atoms with E-state index >= 15 is 0 Å². The second-order valence-corrected chi connectivity index (χ2v) is 11.8. The van der Waals surface area contributed by atoms with Gasteiger partial charge < -0.3 is 14.6 Å². The van der Waals surface area contributed by atoms with Crippen molar-refractivity contribution in [2.24, 2.45) is 5.92 Å². The number of hydrogen-bond acceptors (Lipinski definition) is 5. The maximum absolute atomic E-state index is 14.0. The molecule has 7 heteroatoms. The number of fused-ring (bicyclic) bond motifs is 3. The largest absolute Gasteiger partial charge is 0.481 e. The first-order chi connectivity index (χ1) is 17.6. The lowest BCUT2D eigenvalue weighted by molar-refractivity contribution is -0.137. The Bertz CT molecular complexity index is 1140.